The molecular weight excluding hydrogens is 516 g/mol. The molecule has 5 atom stereocenters. The van der Waals surface area contributed by atoms with Crippen molar-refractivity contribution < 1.29 is 19.5 Å². The van der Waals surface area contributed by atoms with Crippen LogP contribution >= 0.6 is 0 Å². The lowest BCUT2D eigenvalue weighted by atomic mass is 9.81. The molecule has 2 aromatic rings. The molecule has 1 unspecified atom stereocenters. The van der Waals surface area contributed by atoms with Crippen LogP contribution in [0.15, 0.2) is 60.7 Å². The van der Waals surface area contributed by atoms with E-state index < -0.39 is 23.7 Å². The quantitative estimate of drug-likeness (QED) is 0.198. The van der Waals surface area contributed by atoms with E-state index in [4.69, 9.17) is 6.42 Å². The highest BCUT2D eigenvalue weighted by Crippen LogP contribution is 2.34. The maximum atomic E-state index is 14.1. The highest BCUT2D eigenvalue weighted by Gasteiger charge is 2.53. The highest BCUT2D eigenvalue weighted by molar-refractivity contribution is 5.96. The molecule has 0 aromatic heterocycles. The van der Waals surface area contributed by atoms with Crippen molar-refractivity contribution in [1.82, 2.24) is 20.9 Å². The molecule has 1 fully saturated rings. The Kier molecular flexibility index (Phi) is 11.9. The van der Waals surface area contributed by atoms with Gasteiger partial charge in [-0.15, -0.1) is 6.42 Å². The summed E-state index contributed by atoms with van der Waals surface area (Å²) in [6.07, 6.45) is 6.99. The molecule has 1 aliphatic heterocycles. The number of benzene rings is 2. The van der Waals surface area contributed by atoms with Crippen LogP contribution in [0.2, 0.25) is 0 Å². The van der Waals surface area contributed by atoms with Crippen LogP contribution in [0.25, 0.3) is 0 Å². The number of amides is 3. The second-order valence-corrected chi connectivity index (χ2v) is 11.0. The van der Waals surface area contributed by atoms with Crippen LogP contribution in [0, 0.1) is 18.3 Å². The van der Waals surface area contributed by atoms with Gasteiger partial charge in [-0.25, -0.2) is 0 Å². The number of rotatable bonds is 15. The lowest BCUT2D eigenvalue weighted by Gasteiger charge is -2.36. The normalized spacial score (nSPS) is 19.6. The Bertz CT molecular complexity index is 1180. The smallest absolute Gasteiger partial charge is 0.249 e. The number of likely N-dealkylation sites (tertiary alicyclic amines) is 1. The topological polar surface area (TPSA) is 111 Å². The first kappa shape index (κ1) is 31.9. The molecule has 1 heterocycles. The van der Waals surface area contributed by atoms with Crippen molar-refractivity contribution in [2.45, 2.75) is 76.6 Å². The SMILES string of the molecule is C#CCNCC(O)[C@H](Cc1ccccc1)NC(=O)[C@@H](CCc1ccccc1)N1CC[C@](NC(C)=O)([C@@H](C)CC)C1=O. The molecule has 8 heteroatoms. The summed E-state index contributed by atoms with van der Waals surface area (Å²) in [5, 5.41) is 20.1. The van der Waals surface area contributed by atoms with Gasteiger partial charge in [-0.2, -0.15) is 0 Å². The Morgan fingerprint density at radius 1 is 1.10 bits per heavy atom. The number of aryl methyl sites for hydroxylation is 1. The van der Waals surface area contributed by atoms with Crippen LogP contribution in [0.1, 0.15) is 51.2 Å². The Morgan fingerprint density at radius 2 is 1.73 bits per heavy atom. The largest absolute Gasteiger partial charge is 0.390 e. The van der Waals surface area contributed by atoms with Crippen molar-refractivity contribution in [3.8, 4) is 12.3 Å². The maximum absolute atomic E-state index is 14.1. The minimum atomic E-state index is -1.05. The third kappa shape index (κ3) is 8.42. The fourth-order valence-electron chi connectivity index (χ4n) is 5.66. The van der Waals surface area contributed by atoms with E-state index in [0.29, 0.717) is 45.2 Å². The minimum Gasteiger partial charge on any atom is -0.390 e. The third-order valence-electron chi connectivity index (χ3n) is 8.14. The number of carbonyl (C=O) groups excluding carboxylic acids is 3. The fourth-order valence-corrected chi connectivity index (χ4v) is 5.66. The molecule has 41 heavy (non-hydrogen) atoms. The molecule has 0 bridgehead atoms. The van der Waals surface area contributed by atoms with Gasteiger partial charge < -0.3 is 26.0 Å². The van der Waals surface area contributed by atoms with Gasteiger partial charge in [-0.05, 0) is 42.7 Å². The summed E-state index contributed by atoms with van der Waals surface area (Å²) in [7, 11) is 0. The van der Waals surface area contributed by atoms with Crippen molar-refractivity contribution >= 4 is 17.7 Å². The minimum absolute atomic E-state index is 0.100. The van der Waals surface area contributed by atoms with Gasteiger partial charge in [-0.3, -0.25) is 14.4 Å². The second kappa shape index (κ2) is 15.4. The van der Waals surface area contributed by atoms with Gasteiger partial charge in [0.1, 0.15) is 11.6 Å². The number of carbonyl (C=O) groups is 3. The number of aliphatic hydroxyl groups excluding tert-OH is 1. The van der Waals surface area contributed by atoms with Crippen LogP contribution in [-0.2, 0) is 27.2 Å². The van der Waals surface area contributed by atoms with Crippen molar-refractivity contribution in [3.05, 3.63) is 71.8 Å². The van der Waals surface area contributed by atoms with Crippen LogP contribution in [-0.4, -0.2) is 71.1 Å². The number of nitrogens with zero attached hydrogens (tertiary/aromatic N) is 1. The summed E-state index contributed by atoms with van der Waals surface area (Å²) >= 11 is 0. The first-order valence-corrected chi connectivity index (χ1v) is 14.5. The molecule has 0 saturated carbocycles. The number of aliphatic hydroxyl groups is 1. The van der Waals surface area contributed by atoms with Gasteiger partial charge in [0.25, 0.3) is 0 Å². The van der Waals surface area contributed by atoms with Crippen LogP contribution in [0.5, 0.6) is 0 Å². The van der Waals surface area contributed by atoms with Crippen molar-refractivity contribution in [3.63, 3.8) is 0 Å². The fraction of sp³-hybridized carbons (Fsp3) is 0.485. The molecule has 0 radical (unpaired) electrons. The summed E-state index contributed by atoms with van der Waals surface area (Å²) in [6.45, 7) is 6.24. The molecule has 220 valence electrons. The van der Waals surface area contributed by atoms with E-state index in [1.54, 1.807) is 4.90 Å². The van der Waals surface area contributed by atoms with Gasteiger partial charge >= 0.3 is 0 Å². The zero-order valence-corrected chi connectivity index (χ0v) is 24.4. The molecule has 3 amide bonds. The Labute approximate surface area is 244 Å². The molecule has 8 nitrogen and oxygen atoms in total. The van der Waals surface area contributed by atoms with Crippen molar-refractivity contribution in [1.29, 1.82) is 0 Å². The molecular formula is C33H44N4O4. The number of terminal acetylenes is 1. The zero-order chi connectivity index (χ0) is 29.8. The molecule has 0 spiro atoms. The number of nitrogens with one attached hydrogen (secondary N) is 3. The molecule has 2 aromatic carbocycles. The van der Waals surface area contributed by atoms with Gasteiger partial charge in [0, 0.05) is 20.0 Å². The van der Waals surface area contributed by atoms with E-state index in [9.17, 15) is 19.5 Å². The van der Waals surface area contributed by atoms with Crippen molar-refractivity contribution in [2.75, 3.05) is 19.6 Å². The average molecular weight is 561 g/mol. The van der Waals surface area contributed by atoms with E-state index in [0.717, 1.165) is 11.1 Å². The van der Waals surface area contributed by atoms with E-state index >= 15 is 0 Å². The van der Waals surface area contributed by atoms with Crippen molar-refractivity contribution in [2.24, 2.45) is 5.92 Å². The molecule has 0 aliphatic carbocycles. The average Bonchev–Trinajstić information content (AvgIpc) is 3.29. The van der Waals surface area contributed by atoms with Gasteiger partial charge in [0.05, 0.1) is 18.7 Å². The van der Waals surface area contributed by atoms with E-state index in [1.807, 2.05) is 74.5 Å². The monoisotopic (exact) mass is 560 g/mol. The molecule has 1 aliphatic rings. The van der Waals surface area contributed by atoms with E-state index in [2.05, 4.69) is 21.9 Å². The van der Waals surface area contributed by atoms with Gasteiger partial charge in [0.15, 0.2) is 0 Å². The zero-order valence-electron chi connectivity index (χ0n) is 24.4. The van der Waals surface area contributed by atoms with E-state index in [1.165, 1.54) is 6.92 Å². The lowest BCUT2D eigenvalue weighted by Crippen LogP contribution is -2.60. The molecule has 1 saturated heterocycles. The lowest BCUT2D eigenvalue weighted by molar-refractivity contribution is -0.144. The Hall–Kier alpha value is -3.67. The maximum Gasteiger partial charge on any atom is 0.249 e. The number of hydrogen-bond donors (Lipinski definition) is 4. The predicted molar refractivity (Wildman–Crippen MR) is 161 cm³/mol. The number of hydrogen-bond acceptors (Lipinski definition) is 5. The molecule has 3 rings (SSSR count). The molecule has 4 N–H and O–H groups in total. The second-order valence-electron chi connectivity index (χ2n) is 11.0. The van der Waals surface area contributed by atoms with Crippen LogP contribution < -0.4 is 16.0 Å². The summed E-state index contributed by atoms with van der Waals surface area (Å²) in [5.74, 6) is 1.57. The van der Waals surface area contributed by atoms with Gasteiger partial charge in [0.2, 0.25) is 17.7 Å². The van der Waals surface area contributed by atoms with E-state index in [-0.39, 0.29) is 30.2 Å². The predicted octanol–water partition coefficient (Wildman–Crippen LogP) is 2.45. The Morgan fingerprint density at radius 3 is 2.32 bits per heavy atom. The third-order valence-corrected chi connectivity index (χ3v) is 8.14. The van der Waals surface area contributed by atoms with Crippen LogP contribution in [0.4, 0.5) is 0 Å². The van der Waals surface area contributed by atoms with Crippen LogP contribution in [0.3, 0.4) is 0 Å². The first-order chi connectivity index (χ1) is 19.7. The Balaban J connectivity index is 1.89. The summed E-state index contributed by atoms with van der Waals surface area (Å²) in [4.78, 5) is 41.9. The summed E-state index contributed by atoms with van der Waals surface area (Å²) in [6, 6.07) is 18.1. The first-order valence-electron chi connectivity index (χ1n) is 14.5. The standard InChI is InChI=1S/C33H44N4O4/c1-5-20-34-23-30(39)28(22-27-15-11-8-12-16-27)35-31(40)29(18-17-26-13-9-7-10-14-26)37-21-19-33(32(37)41,24(3)6-2)36-25(4)38/h1,7-16,24,28-30,34,39H,6,17-23H2,2-4H3,(H,35,40)(H,36,38)/t24-,28-,29+,30?,33-/m0/s1. The highest BCUT2D eigenvalue weighted by atomic mass is 16.3. The summed E-state index contributed by atoms with van der Waals surface area (Å²) in [5.41, 5.74) is 0.980. The summed E-state index contributed by atoms with van der Waals surface area (Å²) < 4.78 is 0. The van der Waals surface area contributed by atoms with Gasteiger partial charge in [-0.1, -0.05) is 86.9 Å².